The van der Waals surface area contributed by atoms with E-state index in [9.17, 15) is 0 Å². The van der Waals surface area contributed by atoms with Crippen LogP contribution in [0.3, 0.4) is 0 Å². The molecule has 0 unspecified atom stereocenters. The average molecular weight is 637 g/mol. The van der Waals surface area contributed by atoms with Crippen LogP contribution in [0, 0.1) is 20.8 Å². The Kier molecular flexibility index (Phi) is 7.87. The quantitative estimate of drug-likeness (QED) is 0.247. The second kappa shape index (κ2) is 12.0. The Bertz CT molecular complexity index is 1650. The van der Waals surface area contributed by atoms with E-state index in [1.165, 1.54) is 16.7 Å². The number of rotatable bonds is 6. The van der Waals surface area contributed by atoms with E-state index in [0.29, 0.717) is 0 Å². The zero-order valence-corrected chi connectivity index (χ0v) is 28.8. The lowest BCUT2D eigenvalue weighted by Gasteiger charge is -2.53. The first kappa shape index (κ1) is 29.6. The fourth-order valence-electron chi connectivity index (χ4n) is 6.17. The second-order valence-corrected chi connectivity index (χ2v) is 21.5. The van der Waals surface area contributed by atoms with Crippen LogP contribution in [0.2, 0.25) is 0 Å². The van der Waals surface area contributed by atoms with E-state index in [-0.39, 0.29) is 0 Å². The normalized spacial score (nSPS) is 23.0. The zero-order valence-electron chi connectivity index (χ0n) is 25.8. The smallest absolute Gasteiger partial charge is 0.390 e. The molecule has 6 aromatic carbocycles. The van der Waals surface area contributed by atoms with Crippen molar-refractivity contribution in [2.45, 2.75) is 20.8 Å². The molecule has 3 nitrogen and oxygen atoms in total. The van der Waals surface area contributed by atoms with Crippen LogP contribution in [0.1, 0.15) is 16.7 Å². The van der Waals surface area contributed by atoms with E-state index in [1.54, 1.807) is 0 Å². The minimum Gasteiger partial charge on any atom is -0.402 e. The lowest BCUT2D eigenvalue weighted by Crippen LogP contribution is -2.88. The third-order valence-electron chi connectivity index (χ3n) is 8.62. The predicted molar refractivity (Wildman–Crippen MR) is 191 cm³/mol. The van der Waals surface area contributed by atoms with Gasteiger partial charge in [0.1, 0.15) is 0 Å². The highest BCUT2D eigenvalue weighted by atomic mass is 28.5. The van der Waals surface area contributed by atoms with Gasteiger partial charge in [0.15, 0.2) is 0 Å². The Morgan fingerprint density at radius 3 is 0.689 bits per heavy atom. The highest BCUT2D eigenvalue weighted by molar-refractivity contribution is 7.16. The minimum atomic E-state index is -3.49. The molecule has 0 amide bonds. The van der Waals surface area contributed by atoms with Crippen molar-refractivity contribution >= 4 is 56.8 Å². The summed E-state index contributed by atoms with van der Waals surface area (Å²) in [6.07, 6.45) is 0. The standard InChI is InChI=1S/C39H36O3Si3/c1-31-19-25-37(26-20-31)43(34-13-7-4-8-14-34)40-44(35-15-9-5-10-16-35,38-27-21-32(2)22-28-38)42-45(41-43,36-17-11-6-12-18-36)39-29-23-33(3)24-30-39/h4-30H,1-3H3. The van der Waals surface area contributed by atoms with Gasteiger partial charge in [0.05, 0.1) is 0 Å². The molecule has 0 saturated carbocycles. The summed E-state index contributed by atoms with van der Waals surface area (Å²) in [5.74, 6) is 0. The van der Waals surface area contributed by atoms with Crippen LogP contribution in [0.25, 0.3) is 0 Å². The highest BCUT2D eigenvalue weighted by Crippen LogP contribution is 2.32. The number of hydrogen-bond donors (Lipinski definition) is 0. The molecule has 0 aliphatic carbocycles. The first-order valence-corrected chi connectivity index (χ1v) is 20.9. The van der Waals surface area contributed by atoms with Crippen molar-refractivity contribution in [3.8, 4) is 0 Å². The van der Waals surface area contributed by atoms with Gasteiger partial charge < -0.3 is 12.3 Å². The summed E-state index contributed by atoms with van der Waals surface area (Å²) in [6, 6.07) is 58.1. The summed E-state index contributed by atoms with van der Waals surface area (Å²) >= 11 is 0. The second-order valence-electron chi connectivity index (χ2n) is 11.9. The summed E-state index contributed by atoms with van der Waals surface area (Å²) < 4.78 is 23.6. The van der Waals surface area contributed by atoms with Crippen LogP contribution in [-0.4, -0.2) is 25.7 Å². The molecule has 1 aliphatic heterocycles. The predicted octanol–water partition coefficient (Wildman–Crippen LogP) is 4.74. The number of benzene rings is 6. The maximum atomic E-state index is 7.88. The summed E-state index contributed by atoms with van der Waals surface area (Å²) in [6.45, 7) is 6.37. The highest BCUT2D eigenvalue weighted by Gasteiger charge is 2.67. The molecule has 6 heteroatoms. The van der Waals surface area contributed by atoms with Crippen molar-refractivity contribution in [1.82, 2.24) is 0 Å². The van der Waals surface area contributed by atoms with Crippen LogP contribution >= 0.6 is 0 Å². The molecule has 0 spiro atoms. The summed E-state index contributed by atoms with van der Waals surface area (Å²) in [4.78, 5) is 0. The topological polar surface area (TPSA) is 27.7 Å². The molecule has 1 aliphatic rings. The third kappa shape index (κ3) is 5.29. The Morgan fingerprint density at radius 2 is 0.467 bits per heavy atom. The first-order valence-electron chi connectivity index (χ1n) is 15.4. The molecule has 0 N–H and O–H groups in total. The van der Waals surface area contributed by atoms with Crippen molar-refractivity contribution in [2.24, 2.45) is 0 Å². The minimum absolute atomic E-state index is 1.07. The van der Waals surface area contributed by atoms with Gasteiger partial charge in [-0.3, -0.25) is 0 Å². The lowest BCUT2D eigenvalue weighted by atomic mass is 10.2. The van der Waals surface area contributed by atoms with Gasteiger partial charge in [-0.25, -0.2) is 0 Å². The molecule has 0 aromatic heterocycles. The fourth-order valence-corrected chi connectivity index (χ4v) is 23.0. The molecule has 45 heavy (non-hydrogen) atoms. The van der Waals surface area contributed by atoms with Gasteiger partial charge in [-0.05, 0) is 51.9 Å². The molecular weight excluding hydrogens is 601 g/mol. The lowest BCUT2D eigenvalue weighted by molar-refractivity contribution is 0.268. The van der Waals surface area contributed by atoms with Gasteiger partial charge in [-0.1, -0.05) is 180 Å². The van der Waals surface area contributed by atoms with Crippen LogP contribution in [-0.2, 0) is 12.3 Å². The van der Waals surface area contributed by atoms with E-state index in [4.69, 9.17) is 12.3 Å². The molecular formula is C39H36O3Si3. The monoisotopic (exact) mass is 636 g/mol. The Labute approximate surface area is 269 Å². The van der Waals surface area contributed by atoms with Crippen molar-refractivity contribution in [3.63, 3.8) is 0 Å². The molecule has 7 rings (SSSR count). The van der Waals surface area contributed by atoms with Crippen LogP contribution in [0.5, 0.6) is 0 Å². The average Bonchev–Trinajstić information content (AvgIpc) is 3.10. The number of hydrogen-bond acceptors (Lipinski definition) is 3. The van der Waals surface area contributed by atoms with Crippen molar-refractivity contribution in [2.75, 3.05) is 0 Å². The first-order chi connectivity index (χ1) is 21.9. The van der Waals surface area contributed by atoms with Crippen LogP contribution in [0.15, 0.2) is 164 Å². The molecule has 0 bridgehead atoms. The zero-order chi connectivity index (χ0) is 30.9. The molecule has 222 valence electrons. The number of aryl methyl sites for hydroxylation is 3. The van der Waals surface area contributed by atoms with E-state index in [0.717, 1.165) is 31.1 Å². The van der Waals surface area contributed by atoms with Crippen molar-refractivity contribution in [3.05, 3.63) is 180 Å². The molecule has 1 saturated heterocycles. The molecule has 6 aromatic rings. The van der Waals surface area contributed by atoms with E-state index >= 15 is 0 Å². The summed E-state index contributed by atoms with van der Waals surface area (Å²) in [5, 5.41) is 6.42. The van der Waals surface area contributed by atoms with Crippen LogP contribution < -0.4 is 31.1 Å². The summed E-state index contributed by atoms with van der Waals surface area (Å²) in [5.41, 5.74) is 3.58. The molecule has 0 atom stereocenters. The Morgan fingerprint density at radius 1 is 0.267 bits per heavy atom. The van der Waals surface area contributed by atoms with E-state index in [1.807, 2.05) is 0 Å². The van der Waals surface area contributed by atoms with Gasteiger partial charge >= 0.3 is 25.7 Å². The maximum absolute atomic E-state index is 7.88. The summed E-state index contributed by atoms with van der Waals surface area (Å²) in [7, 11) is -10.5. The van der Waals surface area contributed by atoms with Gasteiger partial charge in [-0.15, -0.1) is 0 Å². The van der Waals surface area contributed by atoms with E-state index in [2.05, 4.69) is 185 Å². The van der Waals surface area contributed by atoms with Gasteiger partial charge in [0, 0.05) is 0 Å². The fraction of sp³-hybridized carbons (Fsp3) is 0.0769. The van der Waals surface area contributed by atoms with Gasteiger partial charge in [0.25, 0.3) is 0 Å². The SMILES string of the molecule is Cc1ccc([Si]2(c3ccccc3)O[Si](c3ccccc3)(c3ccc(C)cc3)O[Si](c3ccccc3)(c3ccc(C)cc3)O2)cc1. The van der Waals surface area contributed by atoms with Crippen molar-refractivity contribution in [1.29, 1.82) is 0 Å². The van der Waals surface area contributed by atoms with Gasteiger partial charge in [-0.2, -0.15) is 0 Å². The van der Waals surface area contributed by atoms with Crippen molar-refractivity contribution < 1.29 is 12.3 Å². The molecule has 0 radical (unpaired) electrons. The largest absolute Gasteiger partial charge is 0.402 e. The molecule has 1 heterocycles. The van der Waals surface area contributed by atoms with Crippen LogP contribution in [0.4, 0.5) is 0 Å². The van der Waals surface area contributed by atoms with E-state index < -0.39 is 25.7 Å². The third-order valence-corrected chi connectivity index (χ3v) is 22.1. The maximum Gasteiger partial charge on any atom is 0.390 e. The Hall–Kier alpha value is -4.15. The Balaban J connectivity index is 1.64. The molecule has 1 fully saturated rings. The van der Waals surface area contributed by atoms with Gasteiger partial charge in [0.2, 0.25) is 0 Å².